The van der Waals surface area contributed by atoms with E-state index in [0.29, 0.717) is 18.5 Å². The van der Waals surface area contributed by atoms with Crippen LogP contribution in [-0.2, 0) is 6.54 Å². The zero-order valence-electron chi connectivity index (χ0n) is 8.71. The van der Waals surface area contributed by atoms with Gasteiger partial charge in [0.15, 0.2) is 0 Å². The number of hydrogen-bond acceptors (Lipinski definition) is 2. The predicted octanol–water partition coefficient (Wildman–Crippen LogP) is 2.40. The number of aliphatic hydroxyl groups excluding tert-OH is 1. The first-order valence-electron chi connectivity index (χ1n) is 4.87. The lowest BCUT2D eigenvalue weighted by atomic mass is 10.2. The second-order valence-electron chi connectivity index (χ2n) is 3.55. The molecule has 84 valence electrons. The van der Waals surface area contributed by atoms with Crippen molar-refractivity contribution in [1.29, 1.82) is 0 Å². The highest BCUT2D eigenvalue weighted by Gasteiger charge is 2.05. The van der Waals surface area contributed by atoms with Gasteiger partial charge in [0.25, 0.3) is 0 Å². The quantitative estimate of drug-likeness (QED) is 0.892. The summed E-state index contributed by atoms with van der Waals surface area (Å²) in [5.41, 5.74) is 0.671. The summed E-state index contributed by atoms with van der Waals surface area (Å²) < 4.78 is 14.2. The normalized spacial score (nSPS) is 11.0. The van der Waals surface area contributed by atoms with E-state index in [9.17, 15) is 4.39 Å². The van der Waals surface area contributed by atoms with Crippen LogP contribution in [-0.4, -0.2) is 30.2 Å². The third kappa shape index (κ3) is 4.28. The van der Waals surface area contributed by atoms with Crippen LogP contribution in [0, 0.1) is 5.82 Å². The van der Waals surface area contributed by atoms with Crippen LogP contribution in [0.1, 0.15) is 12.0 Å². The summed E-state index contributed by atoms with van der Waals surface area (Å²) in [6.45, 7) is 1.50. The Morgan fingerprint density at radius 3 is 2.87 bits per heavy atom. The van der Waals surface area contributed by atoms with E-state index in [1.54, 1.807) is 12.1 Å². The van der Waals surface area contributed by atoms with Gasteiger partial charge in [0.1, 0.15) is 5.82 Å². The van der Waals surface area contributed by atoms with Crippen LogP contribution in [0.4, 0.5) is 4.39 Å². The molecular weight excluding hydrogens is 261 g/mol. The fraction of sp³-hybridized carbons (Fsp3) is 0.455. The van der Waals surface area contributed by atoms with Gasteiger partial charge in [-0.15, -0.1) is 0 Å². The van der Waals surface area contributed by atoms with E-state index in [4.69, 9.17) is 5.11 Å². The van der Waals surface area contributed by atoms with Gasteiger partial charge in [-0.2, -0.15) is 0 Å². The Labute approximate surface area is 97.8 Å². The lowest BCUT2D eigenvalue weighted by Gasteiger charge is -2.16. The van der Waals surface area contributed by atoms with E-state index in [2.05, 4.69) is 15.9 Å². The molecule has 0 bridgehead atoms. The molecule has 0 aliphatic rings. The van der Waals surface area contributed by atoms with Crippen molar-refractivity contribution in [1.82, 2.24) is 4.90 Å². The molecule has 2 nitrogen and oxygen atoms in total. The zero-order chi connectivity index (χ0) is 11.3. The average molecular weight is 276 g/mol. The Kier molecular flexibility index (Phi) is 5.22. The van der Waals surface area contributed by atoms with Crippen LogP contribution >= 0.6 is 15.9 Å². The monoisotopic (exact) mass is 275 g/mol. The first kappa shape index (κ1) is 12.6. The van der Waals surface area contributed by atoms with Crippen LogP contribution in [0.2, 0.25) is 0 Å². The number of halogens is 2. The molecule has 0 aliphatic carbocycles. The predicted molar refractivity (Wildman–Crippen MR) is 62.1 cm³/mol. The maximum absolute atomic E-state index is 13.4. The van der Waals surface area contributed by atoms with Gasteiger partial charge in [0.2, 0.25) is 0 Å². The van der Waals surface area contributed by atoms with Crippen LogP contribution in [0.3, 0.4) is 0 Å². The number of aliphatic hydroxyl groups is 1. The maximum atomic E-state index is 13.4. The summed E-state index contributed by atoms with van der Waals surface area (Å²) in [7, 11) is 1.91. The van der Waals surface area contributed by atoms with Crippen molar-refractivity contribution in [2.75, 3.05) is 20.2 Å². The minimum atomic E-state index is -0.186. The van der Waals surface area contributed by atoms with E-state index < -0.39 is 0 Å². The lowest BCUT2D eigenvalue weighted by molar-refractivity contribution is 0.243. The van der Waals surface area contributed by atoms with E-state index in [-0.39, 0.29) is 12.4 Å². The first-order valence-corrected chi connectivity index (χ1v) is 5.66. The Balaban J connectivity index is 2.59. The standard InChI is InChI=1S/C11H15BrFNO/c1-14(5-2-6-15)8-9-7-10(12)3-4-11(9)13/h3-4,7,15H,2,5-6,8H2,1H3. The van der Waals surface area contributed by atoms with Crippen molar-refractivity contribution in [3.8, 4) is 0 Å². The smallest absolute Gasteiger partial charge is 0.127 e. The number of benzene rings is 1. The van der Waals surface area contributed by atoms with E-state index >= 15 is 0 Å². The van der Waals surface area contributed by atoms with Crippen LogP contribution < -0.4 is 0 Å². The summed E-state index contributed by atoms with van der Waals surface area (Å²) in [4.78, 5) is 1.99. The molecule has 1 N–H and O–H groups in total. The van der Waals surface area contributed by atoms with Crippen molar-refractivity contribution in [3.05, 3.63) is 34.1 Å². The highest BCUT2D eigenvalue weighted by Crippen LogP contribution is 2.16. The van der Waals surface area contributed by atoms with Crippen molar-refractivity contribution in [2.24, 2.45) is 0 Å². The largest absolute Gasteiger partial charge is 0.396 e. The van der Waals surface area contributed by atoms with Gasteiger partial charge in [-0.1, -0.05) is 15.9 Å². The van der Waals surface area contributed by atoms with Crippen LogP contribution in [0.15, 0.2) is 22.7 Å². The van der Waals surface area contributed by atoms with Crippen LogP contribution in [0.5, 0.6) is 0 Å². The summed E-state index contributed by atoms with van der Waals surface area (Å²) in [5.74, 6) is -0.186. The summed E-state index contributed by atoms with van der Waals surface area (Å²) in [6, 6.07) is 4.93. The Bertz CT molecular complexity index is 319. The van der Waals surface area contributed by atoms with Gasteiger partial charge < -0.3 is 10.0 Å². The van der Waals surface area contributed by atoms with Crippen molar-refractivity contribution >= 4 is 15.9 Å². The van der Waals surface area contributed by atoms with Gasteiger partial charge in [-0.3, -0.25) is 0 Å². The Morgan fingerprint density at radius 1 is 1.47 bits per heavy atom. The molecular formula is C11H15BrFNO. The van der Waals surface area contributed by atoms with E-state index in [1.165, 1.54) is 6.07 Å². The highest BCUT2D eigenvalue weighted by molar-refractivity contribution is 9.10. The molecule has 0 radical (unpaired) electrons. The topological polar surface area (TPSA) is 23.5 Å². The summed E-state index contributed by atoms with van der Waals surface area (Å²) in [6.07, 6.45) is 0.714. The molecule has 1 rings (SSSR count). The first-order chi connectivity index (χ1) is 7.13. The zero-order valence-corrected chi connectivity index (χ0v) is 10.3. The molecule has 4 heteroatoms. The number of nitrogens with zero attached hydrogens (tertiary/aromatic N) is 1. The van der Waals surface area contributed by atoms with Crippen molar-refractivity contribution < 1.29 is 9.50 Å². The van der Waals surface area contributed by atoms with Gasteiger partial charge in [0, 0.05) is 29.7 Å². The van der Waals surface area contributed by atoms with Gasteiger partial charge in [0.05, 0.1) is 0 Å². The minimum absolute atomic E-state index is 0.172. The molecule has 0 unspecified atom stereocenters. The molecule has 15 heavy (non-hydrogen) atoms. The molecule has 0 saturated heterocycles. The minimum Gasteiger partial charge on any atom is -0.396 e. The fourth-order valence-corrected chi connectivity index (χ4v) is 1.78. The Morgan fingerprint density at radius 2 is 2.20 bits per heavy atom. The van der Waals surface area contributed by atoms with E-state index in [1.807, 2.05) is 11.9 Å². The molecule has 0 fully saturated rings. The molecule has 0 atom stereocenters. The molecule has 1 aromatic carbocycles. The molecule has 1 aromatic rings. The van der Waals surface area contributed by atoms with Crippen molar-refractivity contribution in [3.63, 3.8) is 0 Å². The molecule has 0 amide bonds. The lowest BCUT2D eigenvalue weighted by Crippen LogP contribution is -2.20. The fourth-order valence-electron chi connectivity index (χ4n) is 1.37. The second kappa shape index (κ2) is 6.20. The molecule has 0 spiro atoms. The maximum Gasteiger partial charge on any atom is 0.127 e. The summed E-state index contributed by atoms with van der Waals surface area (Å²) in [5, 5.41) is 8.67. The SMILES string of the molecule is CN(CCCO)Cc1cc(Br)ccc1F. The molecule has 0 aromatic heterocycles. The third-order valence-corrected chi connectivity index (χ3v) is 2.64. The molecule has 0 heterocycles. The number of rotatable bonds is 5. The number of hydrogen-bond donors (Lipinski definition) is 1. The third-order valence-electron chi connectivity index (χ3n) is 2.15. The van der Waals surface area contributed by atoms with E-state index in [0.717, 1.165) is 11.0 Å². The second-order valence-corrected chi connectivity index (χ2v) is 4.47. The molecule has 0 aliphatic heterocycles. The van der Waals surface area contributed by atoms with Gasteiger partial charge in [-0.05, 0) is 31.7 Å². The van der Waals surface area contributed by atoms with Crippen molar-refractivity contribution in [2.45, 2.75) is 13.0 Å². The highest BCUT2D eigenvalue weighted by atomic mass is 79.9. The van der Waals surface area contributed by atoms with Gasteiger partial charge >= 0.3 is 0 Å². The van der Waals surface area contributed by atoms with Gasteiger partial charge in [-0.25, -0.2) is 4.39 Å². The summed E-state index contributed by atoms with van der Waals surface area (Å²) >= 11 is 3.31. The van der Waals surface area contributed by atoms with Crippen LogP contribution in [0.25, 0.3) is 0 Å². The molecule has 0 saturated carbocycles. The Hall–Kier alpha value is -0.450. The average Bonchev–Trinajstić information content (AvgIpc) is 2.20.